The largest absolute Gasteiger partial charge is 0.417 e. The average Bonchev–Trinajstić information content (AvgIpc) is 3.27. The van der Waals surface area contributed by atoms with E-state index in [9.17, 15) is 27.9 Å². The summed E-state index contributed by atoms with van der Waals surface area (Å²) in [5.41, 5.74) is -6.37. The van der Waals surface area contributed by atoms with Crippen LogP contribution in [-0.4, -0.2) is 53.6 Å². The molecule has 2 N–H and O–H groups in total. The highest BCUT2D eigenvalue weighted by molar-refractivity contribution is 6.16. The van der Waals surface area contributed by atoms with Crippen molar-refractivity contribution in [2.75, 3.05) is 18.1 Å². The van der Waals surface area contributed by atoms with Crippen LogP contribution in [0.25, 0.3) is 0 Å². The quantitative estimate of drug-likeness (QED) is 0.658. The SMILES string of the molecule is CCNC(=O)[C@@]12C(=O)N(c3ccc(C#N)c(C(F)(F)F)c3)[C@H]3OCC[C@]4(C[C@@H](O)[C@@]1(C)O4)[C@H]32. The standard InChI is InChI=1S/C22H22F3N3O5/c1-3-27-17(30)21-15-16(32-7-6-20(15)9-14(29)19(21,2)33-20)28(18(21)31)12-5-4-11(10-26)13(8-12)22(23,24)25/h4-5,8,14-16,29H,3,6-7,9H2,1-2H3,(H,27,30)/t14-,15+,16+,19-,20+,21+/m1/s1. The summed E-state index contributed by atoms with van der Waals surface area (Å²) in [6.07, 6.45) is -6.47. The van der Waals surface area contributed by atoms with Gasteiger partial charge in [-0.15, -0.1) is 0 Å². The van der Waals surface area contributed by atoms with E-state index in [1.807, 2.05) is 0 Å². The Bertz CT molecular complexity index is 1100. The second-order valence-electron chi connectivity index (χ2n) is 9.16. The van der Waals surface area contributed by atoms with E-state index in [1.54, 1.807) is 6.92 Å². The van der Waals surface area contributed by atoms with E-state index < -0.39 is 64.0 Å². The molecule has 8 nitrogen and oxygen atoms in total. The van der Waals surface area contributed by atoms with Crippen LogP contribution in [0.3, 0.4) is 0 Å². The number of anilines is 1. The zero-order valence-corrected chi connectivity index (χ0v) is 17.9. The van der Waals surface area contributed by atoms with Crippen LogP contribution in [-0.2, 0) is 25.2 Å². The van der Waals surface area contributed by atoms with E-state index in [0.29, 0.717) is 6.42 Å². The van der Waals surface area contributed by atoms with E-state index in [-0.39, 0.29) is 25.3 Å². The first-order valence-corrected chi connectivity index (χ1v) is 10.7. The van der Waals surface area contributed by atoms with Crippen LogP contribution in [0.1, 0.15) is 37.8 Å². The highest BCUT2D eigenvalue weighted by Gasteiger charge is 2.88. The van der Waals surface area contributed by atoms with Crippen LogP contribution in [0.2, 0.25) is 0 Å². The minimum atomic E-state index is -4.82. The molecule has 0 radical (unpaired) electrons. The van der Waals surface area contributed by atoms with Crippen LogP contribution >= 0.6 is 0 Å². The van der Waals surface area contributed by atoms with Gasteiger partial charge >= 0.3 is 6.18 Å². The summed E-state index contributed by atoms with van der Waals surface area (Å²) in [6.45, 7) is 3.54. The summed E-state index contributed by atoms with van der Waals surface area (Å²) in [7, 11) is 0. The maximum Gasteiger partial charge on any atom is 0.417 e. The number of nitriles is 1. The zero-order valence-electron chi connectivity index (χ0n) is 17.9. The van der Waals surface area contributed by atoms with Gasteiger partial charge in [0.15, 0.2) is 5.41 Å². The predicted molar refractivity (Wildman–Crippen MR) is 105 cm³/mol. The maximum absolute atomic E-state index is 14.1. The predicted octanol–water partition coefficient (Wildman–Crippen LogP) is 1.70. The minimum absolute atomic E-state index is 0.135. The average molecular weight is 465 g/mol. The minimum Gasteiger partial charge on any atom is -0.390 e. The van der Waals surface area contributed by atoms with Gasteiger partial charge in [-0.1, -0.05) is 0 Å². The normalized spacial score (nSPS) is 38.9. The van der Waals surface area contributed by atoms with Gasteiger partial charge in [-0.25, -0.2) is 0 Å². The first-order chi connectivity index (χ1) is 15.5. The number of aliphatic hydroxyl groups excluding tert-OH is 1. The molecule has 33 heavy (non-hydrogen) atoms. The monoisotopic (exact) mass is 465 g/mol. The Morgan fingerprint density at radius 1 is 1.42 bits per heavy atom. The molecule has 1 spiro atoms. The number of halogens is 3. The molecule has 4 aliphatic rings. The Morgan fingerprint density at radius 2 is 2.15 bits per heavy atom. The van der Waals surface area contributed by atoms with Crippen molar-refractivity contribution in [2.45, 2.75) is 56.4 Å². The second-order valence-corrected chi connectivity index (χ2v) is 9.16. The van der Waals surface area contributed by atoms with Crippen molar-refractivity contribution >= 4 is 17.5 Å². The topological polar surface area (TPSA) is 112 Å². The Morgan fingerprint density at radius 3 is 2.79 bits per heavy atom. The Labute approximate surface area is 187 Å². The third-order valence-corrected chi connectivity index (χ3v) is 7.72. The Balaban J connectivity index is 1.72. The van der Waals surface area contributed by atoms with Crippen LogP contribution in [0.4, 0.5) is 18.9 Å². The van der Waals surface area contributed by atoms with Crippen molar-refractivity contribution in [1.29, 1.82) is 5.26 Å². The third-order valence-electron chi connectivity index (χ3n) is 7.72. The number of carbonyl (C=O) groups is 2. The van der Waals surface area contributed by atoms with Gasteiger partial charge in [-0.2, -0.15) is 18.4 Å². The van der Waals surface area contributed by atoms with Gasteiger partial charge in [-0.3, -0.25) is 14.5 Å². The smallest absolute Gasteiger partial charge is 0.390 e. The van der Waals surface area contributed by atoms with Gasteiger partial charge in [0, 0.05) is 25.1 Å². The molecule has 11 heteroatoms. The fraction of sp³-hybridized carbons (Fsp3) is 0.591. The van der Waals surface area contributed by atoms with Crippen molar-refractivity contribution in [1.82, 2.24) is 5.32 Å². The van der Waals surface area contributed by atoms with Gasteiger partial charge in [0.25, 0.3) is 0 Å². The van der Waals surface area contributed by atoms with Gasteiger partial charge in [0.2, 0.25) is 11.8 Å². The highest BCUT2D eigenvalue weighted by atomic mass is 19.4. The maximum atomic E-state index is 14.1. The van der Waals surface area contributed by atoms with Crippen molar-refractivity contribution in [3.63, 3.8) is 0 Å². The molecule has 4 heterocycles. The molecule has 6 atom stereocenters. The highest BCUT2D eigenvalue weighted by Crippen LogP contribution is 2.71. The fourth-order valence-corrected chi connectivity index (χ4v) is 6.44. The summed E-state index contributed by atoms with van der Waals surface area (Å²) in [5, 5.41) is 22.7. The fourth-order valence-electron chi connectivity index (χ4n) is 6.44. The molecule has 176 valence electrons. The van der Waals surface area contributed by atoms with Crippen LogP contribution in [0.15, 0.2) is 18.2 Å². The molecular formula is C22H22F3N3O5. The van der Waals surface area contributed by atoms with Gasteiger partial charge in [0.05, 0.1) is 41.4 Å². The number of alkyl halides is 3. The van der Waals surface area contributed by atoms with Crippen LogP contribution < -0.4 is 10.2 Å². The van der Waals surface area contributed by atoms with E-state index in [1.165, 1.54) is 19.1 Å². The molecule has 0 aromatic heterocycles. The number of aliphatic hydroxyl groups is 1. The molecule has 1 aromatic rings. The molecular weight excluding hydrogens is 443 g/mol. The van der Waals surface area contributed by atoms with Crippen LogP contribution in [0, 0.1) is 22.7 Å². The van der Waals surface area contributed by atoms with Crippen LogP contribution in [0.5, 0.6) is 0 Å². The number of nitrogens with zero attached hydrogens (tertiary/aromatic N) is 2. The van der Waals surface area contributed by atoms with E-state index >= 15 is 0 Å². The van der Waals surface area contributed by atoms with Crippen molar-refractivity contribution in [3.05, 3.63) is 29.3 Å². The van der Waals surface area contributed by atoms with Gasteiger partial charge in [-0.05, 0) is 32.0 Å². The number of fused-ring (bicyclic) bond motifs is 2. The van der Waals surface area contributed by atoms with Gasteiger partial charge < -0.3 is 19.9 Å². The lowest BCUT2D eigenvalue weighted by Crippen LogP contribution is -2.66. The van der Waals surface area contributed by atoms with Gasteiger partial charge in [0.1, 0.15) is 11.8 Å². The van der Waals surface area contributed by atoms with E-state index in [4.69, 9.17) is 14.7 Å². The van der Waals surface area contributed by atoms with Crippen molar-refractivity contribution < 1.29 is 37.3 Å². The summed E-state index contributed by atoms with van der Waals surface area (Å²) >= 11 is 0. The number of amides is 2. The summed E-state index contributed by atoms with van der Waals surface area (Å²) in [5.74, 6) is -2.26. The Kier molecular flexibility index (Phi) is 4.48. The zero-order chi connectivity index (χ0) is 24.0. The molecule has 4 fully saturated rings. The number of nitrogens with one attached hydrogen (secondary N) is 1. The second kappa shape index (κ2) is 6.68. The van der Waals surface area contributed by atoms with Crippen molar-refractivity contribution in [2.24, 2.45) is 11.3 Å². The Hall–Kier alpha value is -2.68. The molecule has 0 unspecified atom stereocenters. The third kappa shape index (κ3) is 2.46. The van der Waals surface area contributed by atoms with E-state index in [2.05, 4.69) is 5.32 Å². The molecule has 4 saturated heterocycles. The lowest BCUT2D eigenvalue weighted by atomic mass is 9.55. The summed E-state index contributed by atoms with van der Waals surface area (Å²) in [6, 6.07) is 4.49. The number of carbonyl (C=O) groups excluding carboxylic acids is 2. The molecule has 0 saturated carbocycles. The summed E-state index contributed by atoms with van der Waals surface area (Å²) < 4.78 is 53.1. The first-order valence-electron chi connectivity index (χ1n) is 10.7. The number of ether oxygens (including phenoxy) is 2. The molecule has 2 bridgehead atoms. The molecule has 4 aliphatic heterocycles. The number of hydrogen-bond acceptors (Lipinski definition) is 6. The number of hydrogen-bond donors (Lipinski definition) is 2. The number of rotatable bonds is 3. The van der Waals surface area contributed by atoms with E-state index in [0.717, 1.165) is 17.0 Å². The molecule has 5 rings (SSSR count). The lowest BCUT2D eigenvalue weighted by Gasteiger charge is -2.45. The van der Waals surface area contributed by atoms with Crippen molar-refractivity contribution in [3.8, 4) is 6.07 Å². The molecule has 1 aromatic carbocycles. The molecule has 2 amide bonds. The number of benzene rings is 1. The first kappa shape index (κ1) is 22.1. The molecule has 0 aliphatic carbocycles. The summed E-state index contributed by atoms with van der Waals surface area (Å²) in [4.78, 5) is 28.6. The lowest BCUT2D eigenvalue weighted by molar-refractivity contribution is -0.161.